The molecule has 2 aliphatic carbocycles. The summed E-state index contributed by atoms with van der Waals surface area (Å²) in [6, 6.07) is 20.2. The summed E-state index contributed by atoms with van der Waals surface area (Å²) < 4.78 is 6.40. The quantitative estimate of drug-likeness (QED) is 0.561. The van der Waals surface area contributed by atoms with Crippen molar-refractivity contribution >= 4 is 17.5 Å². The number of rotatable bonds is 3. The molecule has 4 nitrogen and oxygen atoms in total. The number of allylic oxidation sites excluding steroid dienone is 3. The molecule has 0 spiro atoms. The fourth-order valence-electron chi connectivity index (χ4n) is 6.18. The zero-order valence-electron chi connectivity index (χ0n) is 19.3. The van der Waals surface area contributed by atoms with E-state index in [0.717, 1.165) is 36.2 Å². The van der Waals surface area contributed by atoms with Crippen LogP contribution >= 0.6 is 0 Å². The van der Waals surface area contributed by atoms with E-state index in [1.165, 1.54) is 29.7 Å². The number of hydrogen-bond donors (Lipinski definition) is 0. The van der Waals surface area contributed by atoms with Crippen molar-refractivity contribution in [1.82, 2.24) is 0 Å². The SMILES string of the molecule is N#CC1=C(c2ccccc2C2CCCCC2N2c3ccccc3OC3C=CC=CC32)C=NCC1. The van der Waals surface area contributed by atoms with E-state index in [-0.39, 0.29) is 12.1 Å². The minimum absolute atomic E-state index is 0.0242. The highest BCUT2D eigenvalue weighted by atomic mass is 16.5. The molecule has 0 N–H and O–H groups in total. The van der Waals surface area contributed by atoms with Crippen LogP contribution in [0.2, 0.25) is 0 Å². The minimum Gasteiger partial charge on any atom is -0.482 e. The van der Waals surface area contributed by atoms with Gasteiger partial charge in [-0.25, -0.2) is 0 Å². The molecule has 1 fully saturated rings. The molecular weight excluding hydrogens is 418 g/mol. The summed E-state index contributed by atoms with van der Waals surface area (Å²) in [5.41, 5.74) is 5.58. The lowest BCUT2D eigenvalue weighted by molar-refractivity contribution is 0.194. The van der Waals surface area contributed by atoms with Crippen molar-refractivity contribution in [3.63, 3.8) is 0 Å². The van der Waals surface area contributed by atoms with Crippen LogP contribution in [0.1, 0.15) is 49.1 Å². The largest absolute Gasteiger partial charge is 0.482 e. The Morgan fingerprint density at radius 3 is 2.74 bits per heavy atom. The van der Waals surface area contributed by atoms with Crippen LogP contribution in [0.5, 0.6) is 5.75 Å². The molecule has 4 heteroatoms. The molecule has 0 bridgehead atoms. The van der Waals surface area contributed by atoms with Crippen LogP contribution in [0.15, 0.2) is 83.4 Å². The maximum Gasteiger partial charge on any atom is 0.143 e. The third kappa shape index (κ3) is 3.56. The molecule has 4 atom stereocenters. The number of aliphatic imine (C=N–C) groups is 1. The van der Waals surface area contributed by atoms with Crippen LogP contribution in [0.25, 0.3) is 5.57 Å². The monoisotopic (exact) mass is 447 g/mol. The first kappa shape index (κ1) is 21.0. The molecule has 1 saturated carbocycles. The van der Waals surface area contributed by atoms with Crippen molar-refractivity contribution in [1.29, 1.82) is 5.26 Å². The van der Waals surface area contributed by atoms with Gasteiger partial charge in [-0.1, -0.05) is 67.5 Å². The summed E-state index contributed by atoms with van der Waals surface area (Å²) in [4.78, 5) is 7.17. The van der Waals surface area contributed by atoms with Crippen molar-refractivity contribution in [2.24, 2.45) is 4.99 Å². The zero-order valence-corrected chi connectivity index (χ0v) is 19.3. The third-order valence-corrected chi connectivity index (χ3v) is 7.69. The number of para-hydroxylation sites is 2. The van der Waals surface area contributed by atoms with Gasteiger partial charge in [0.2, 0.25) is 0 Å². The lowest BCUT2D eigenvalue weighted by Gasteiger charge is -2.50. The van der Waals surface area contributed by atoms with Gasteiger partial charge in [0.25, 0.3) is 0 Å². The van der Waals surface area contributed by atoms with Gasteiger partial charge in [0.15, 0.2) is 0 Å². The summed E-state index contributed by atoms with van der Waals surface area (Å²) in [5, 5.41) is 9.81. The lowest BCUT2D eigenvalue weighted by Crippen LogP contribution is -2.55. The Labute approximate surface area is 201 Å². The normalized spacial score (nSPS) is 27.6. The first-order chi connectivity index (χ1) is 16.8. The van der Waals surface area contributed by atoms with E-state index in [1.807, 2.05) is 6.21 Å². The van der Waals surface area contributed by atoms with Crippen LogP contribution in [-0.4, -0.2) is 30.9 Å². The second kappa shape index (κ2) is 8.99. The van der Waals surface area contributed by atoms with E-state index in [0.29, 0.717) is 18.5 Å². The Morgan fingerprint density at radius 1 is 0.971 bits per heavy atom. The van der Waals surface area contributed by atoms with E-state index in [4.69, 9.17) is 4.74 Å². The van der Waals surface area contributed by atoms with Gasteiger partial charge in [0.1, 0.15) is 11.9 Å². The molecule has 170 valence electrons. The van der Waals surface area contributed by atoms with Crippen molar-refractivity contribution < 1.29 is 4.74 Å². The molecule has 6 rings (SSSR count). The Balaban J connectivity index is 1.47. The molecular formula is C30H29N3O. The van der Waals surface area contributed by atoms with Crippen molar-refractivity contribution in [2.75, 3.05) is 11.4 Å². The van der Waals surface area contributed by atoms with Gasteiger partial charge >= 0.3 is 0 Å². The highest BCUT2D eigenvalue weighted by Gasteiger charge is 2.42. The topological polar surface area (TPSA) is 48.6 Å². The Hall–Kier alpha value is -3.58. The molecule has 0 radical (unpaired) electrons. The number of nitriles is 1. The Morgan fingerprint density at radius 2 is 1.79 bits per heavy atom. The summed E-state index contributed by atoms with van der Waals surface area (Å²) in [6.45, 7) is 0.702. The summed E-state index contributed by atoms with van der Waals surface area (Å²) in [5.74, 6) is 1.34. The molecule has 34 heavy (non-hydrogen) atoms. The van der Waals surface area contributed by atoms with E-state index in [2.05, 4.69) is 88.8 Å². The summed E-state index contributed by atoms with van der Waals surface area (Å²) in [6.07, 6.45) is 16.1. The molecule has 0 amide bonds. The molecule has 2 aromatic rings. The number of benzene rings is 2. The van der Waals surface area contributed by atoms with Crippen LogP contribution in [-0.2, 0) is 0 Å². The molecule has 2 heterocycles. The molecule has 2 aromatic carbocycles. The molecule has 4 aliphatic rings. The minimum atomic E-state index is 0.0242. The molecule has 0 saturated heterocycles. The van der Waals surface area contributed by atoms with E-state index >= 15 is 0 Å². The average Bonchev–Trinajstić information content (AvgIpc) is 2.91. The van der Waals surface area contributed by atoms with Crippen LogP contribution in [0.3, 0.4) is 0 Å². The van der Waals surface area contributed by atoms with Gasteiger partial charge in [-0.05, 0) is 42.2 Å². The Bertz CT molecular complexity index is 1250. The number of anilines is 1. The highest BCUT2D eigenvalue weighted by molar-refractivity contribution is 6.13. The van der Waals surface area contributed by atoms with Gasteiger partial charge in [0, 0.05) is 42.3 Å². The van der Waals surface area contributed by atoms with Crippen molar-refractivity contribution in [3.05, 3.63) is 89.5 Å². The van der Waals surface area contributed by atoms with Crippen LogP contribution in [0.4, 0.5) is 5.69 Å². The van der Waals surface area contributed by atoms with E-state index < -0.39 is 0 Å². The predicted octanol–water partition coefficient (Wildman–Crippen LogP) is 6.23. The first-order valence-electron chi connectivity index (χ1n) is 12.5. The van der Waals surface area contributed by atoms with Crippen molar-refractivity contribution in [3.8, 4) is 11.8 Å². The van der Waals surface area contributed by atoms with Gasteiger partial charge in [-0.2, -0.15) is 5.26 Å². The van der Waals surface area contributed by atoms with E-state index in [1.54, 1.807) is 0 Å². The van der Waals surface area contributed by atoms with Crippen LogP contribution in [0, 0.1) is 11.3 Å². The third-order valence-electron chi connectivity index (χ3n) is 7.69. The molecule has 2 aliphatic heterocycles. The van der Waals surface area contributed by atoms with Gasteiger partial charge in [-0.15, -0.1) is 0 Å². The van der Waals surface area contributed by atoms with Gasteiger partial charge in [-0.3, -0.25) is 4.99 Å². The predicted molar refractivity (Wildman–Crippen MR) is 137 cm³/mol. The highest BCUT2D eigenvalue weighted by Crippen LogP contribution is 2.46. The summed E-state index contributed by atoms with van der Waals surface area (Å²) in [7, 11) is 0. The first-order valence-corrected chi connectivity index (χ1v) is 12.5. The standard InChI is InChI=1S/C30H29N3O/c31-19-21-17-18-32-20-25(21)23-10-2-1-9-22(23)24-11-3-4-12-26(24)33-27-13-5-7-15-29(27)34-30-16-8-6-14-28(30)33/h1-2,5-10,13-16,20,24,26-27,29H,3-4,11-12,17-18H2. The average molecular weight is 448 g/mol. The van der Waals surface area contributed by atoms with Gasteiger partial charge < -0.3 is 9.64 Å². The van der Waals surface area contributed by atoms with Gasteiger partial charge in [0.05, 0.1) is 17.8 Å². The van der Waals surface area contributed by atoms with E-state index in [9.17, 15) is 5.26 Å². The second-order valence-corrected chi connectivity index (χ2v) is 9.55. The lowest BCUT2D eigenvalue weighted by atomic mass is 9.75. The number of ether oxygens (including phenoxy) is 1. The smallest absolute Gasteiger partial charge is 0.143 e. The number of dihydropyridines is 1. The fourth-order valence-corrected chi connectivity index (χ4v) is 6.18. The Kier molecular flexibility index (Phi) is 5.55. The second-order valence-electron chi connectivity index (χ2n) is 9.55. The maximum atomic E-state index is 9.81. The fraction of sp³-hybridized carbons (Fsp3) is 0.333. The number of nitrogens with zero attached hydrogens (tertiary/aromatic N) is 3. The maximum absolute atomic E-state index is 9.81. The number of hydrogen-bond acceptors (Lipinski definition) is 4. The molecule has 4 unspecified atom stereocenters. The van der Waals surface area contributed by atoms with Crippen LogP contribution < -0.4 is 9.64 Å². The number of fused-ring (bicyclic) bond motifs is 2. The summed E-state index contributed by atoms with van der Waals surface area (Å²) >= 11 is 0. The molecule has 0 aromatic heterocycles. The van der Waals surface area contributed by atoms with Crippen molar-refractivity contribution in [2.45, 2.75) is 56.2 Å². The zero-order chi connectivity index (χ0) is 22.9.